The van der Waals surface area contributed by atoms with E-state index >= 15 is 0 Å². The van der Waals surface area contributed by atoms with Gasteiger partial charge in [0.25, 0.3) is 0 Å². The van der Waals surface area contributed by atoms with Crippen LogP contribution in [0.2, 0.25) is 0 Å². The van der Waals surface area contributed by atoms with Gasteiger partial charge in [0.15, 0.2) is 4.67 Å². The molecule has 7 heteroatoms. The zero-order chi connectivity index (χ0) is 14.5. The lowest BCUT2D eigenvalue weighted by molar-refractivity contribution is -0.0494. The van der Waals surface area contributed by atoms with E-state index in [1.54, 1.807) is 24.3 Å². The number of hydrogen-bond donors (Lipinski definition) is 1. The lowest BCUT2D eigenvalue weighted by Gasteiger charge is -2.13. The van der Waals surface area contributed by atoms with Crippen molar-refractivity contribution in [2.24, 2.45) is 0 Å². The van der Waals surface area contributed by atoms with Crippen molar-refractivity contribution in [1.29, 1.82) is 0 Å². The van der Waals surface area contributed by atoms with Crippen LogP contribution in [0.25, 0.3) is 0 Å². The number of alkyl halides is 2. The van der Waals surface area contributed by atoms with Crippen molar-refractivity contribution in [2.45, 2.75) is 13.2 Å². The van der Waals surface area contributed by atoms with Crippen molar-refractivity contribution < 1.29 is 22.7 Å². The molecular formula is C13H12BrF2NO3. The van der Waals surface area contributed by atoms with Crippen LogP contribution in [-0.4, -0.2) is 13.7 Å². The van der Waals surface area contributed by atoms with Crippen molar-refractivity contribution in [1.82, 2.24) is 0 Å². The van der Waals surface area contributed by atoms with E-state index in [4.69, 9.17) is 9.15 Å². The first kappa shape index (κ1) is 14.6. The minimum absolute atomic E-state index is 0.0476. The number of nitrogens with one attached hydrogen (secondary N) is 1. The second kappa shape index (κ2) is 6.60. The lowest BCUT2D eigenvalue weighted by Crippen LogP contribution is -2.06. The summed E-state index contributed by atoms with van der Waals surface area (Å²) in [6.45, 7) is -2.56. The summed E-state index contributed by atoms with van der Waals surface area (Å²) in [6, 6.07) is 8.07. The molecule has 108 valence electrons. The average molecular weight is 348 g/mol. The number of ether oxygens (including phenoxy) is 2. The van der Waals surface area contributed by atoms with Crippen molar-refractivity contribution in [2.75, 3.05) is 12.4 Å². The van der Waals surface area contributed by atoms with Crippen LogP contribution in [0.4, 0.5) is 14.5 Å². The van der Waals surface area contributed by atoms with Crippen LogP contribution < -0.4 is 14.8 Å². The summed E-state index contributed by atoms with van der Waals surface area (Å²) >= 11 is 3.19. The Morgan fingerprint density at radius 2 is 2.10 bits per heavy atom. The number of methoxy groups -OCH3 is 1. The van der Waals surface area contributed by atoms with E-state index in [0.29, 0.717) is 28.4 Å². The second-order valence-corrected chi connectivity index (χ2v) is 4.58. The fourth-order valence-corrected chi connectivity index (χ4v) is 1.94. The van der Waals surface area contributed by atoms with Crippen LogP contribution in [0.5, 0.6) is 11.5 Å². The molecule has 0 aliphatic heterocycles. The molecule has 0 aliphatic carbocycles. The number of rotatable bonds is 6. The summed E-state index contributed by atoms with van der Waals surface area (Å²) in [7, 11) is 1.50. The highest BCUT2D eigenvalue weighted by atomic mass is 79.9. The third-order valence-electron chi connectivity index (χ3n) is 2.48. The Morgan fingerprint density at radius 1 is 1.30 bits per heavy atom. The quantitative estimate of drug-likeness (QED) is 0.847. The van der Waals surface area contributed by atoms with Gasteiger partial charge in [-0.25, -0.2) is 0 Å². The minimum Gasteiger partial charge on any atom is -0.497 e. The molecule has 2 aromatic rings. The maximum atomic E-state index is 12.3. The summed E-state index contributed by atoms with van der Waals surface area (Å²) in [4.78, 5) is 0. The summed E-state index contributed by atoms with van der Waals surface area (Å²) in [5, 5.41) is 2.97. The highest BCUT2D eigenvalue weighted by Gasteiger charge is 2.11. The van der Waals surface area contributed by atoms with Crippen LogP contribution in [0.15, 0.2) is 39.4 Å². The SMILES string of the molecule is COc1ccc(OC(F)F)c(NCc2ccc(Br)o2)c1. The Bertz CT molecular complexity index is 574. The first-order valence-electron chi connectivity index (χ1n) is 5.69. The van der Waals surface area contributed by atoms with E-state index in [9.17, 15) is 8.78 Å². The van der Waals surface area contributed by atoms with Gasteiger partial charge in [-0.05, 0) is 40.2 Å². The zero-order valence-electron chi connectivity index (χ0n) is 10.5. The molecule has 4 nitrogen and oxygen atoms in total. The van der Waals surface area contributed by atoms with Gasteiger partial charge in [0.05, 0.1) is 19.3 Å². The summed E-state index contributed by atoms with van der Waals surface area (Å²) in [6.07, 6.45) is 0. The highest BCUT2D eigenvalue weighted by Crippen LogP contribution is 2.31. The van der Waals surface area contributed by atoms with Gasteiger partial charge in [-0.2, -0.15) is 8.78 Å². The Balaban J connectivity index is 2.14. The van der Waals surface area contributed by atoms with Gasteiger partial charge < -0.3 is 19.2 Å². The third kappa shape index (κ3) is 3.86. The molecule has 2 rings (SSSR count). The molecule has 0 unspecified atom stereocenters. The molecule has 0 amide bonds. The minimum atomic E-state index is -2.89. The largest absolute Gasteiger partial charge is 0.497 e. The molecule has 0 saturated heterocycles. The fourth-order valence-electron chi connectivity index (χ4n) is 1.60. The number of halogens is 3. The lowest BCUT2D eigenvalue weighted by atomic mass is 10.2. The zero-order valence-corrected chi connectivity index (χ0v) is 12.1. The predicted octanol–water partition coefficient (Wildman–Crippen LogP) is 4.26. The highest BCUT2D eigenvalue weighted by molar-refractivity contribution is 9.10. The van der Waals surface area contributed by atoms with E-state index in [1.807, 2.05) is 0 Å². The molecule has 0 aliphatic rings. The molecule has 1 aromatic carbocycles. The van der Waals surface area contributed by atoms with Crippen molar-refractivity contribution >= 4 is 21.6 Å². The van der Waals surface area contributed by atoms with Crippen LogP contribution in [-0.2, 0) is 6.54 Å². The van der Waals surface area contributed by atoms with Crippen molar-refractivity contribution in [3.63, 3.8) is 0 Å². The van der Waals surface area contributed by atoms with Crippen LogP contribution >= 0.6 is 15.9 Å². The maximum absolute atomic E-state index is 12.3. The molecule has 1 aromatic heterocycles. The topological polar surface area (TPSA) is 43.6 Å². The van der Waals surface area contributed by atoms with Gasteiger partial charge in [0.2, 0.25) is 0 Å². The standard InChI is InChI=1S/C13H12BrF2NO3/c1-18-8-2-4-11(20-13(15)16)10(6-8)17-7-9-3-5-12(14)19-9/h2-6,13,17H,7H2,1H3. The summed E-state index contributed by atoms with van der Waals surface area (Å²) in [5.74, 6) is 1.24. The number of furan rings is 1. The number of anilines is 1. The van der Waals surface area contributed by atoms with Crippen LogP contribution in [0.3, 0.4) is 0 Å². The molecule has 0 bridgehead atoms. The van der Waals surface area contributed by atoms with Gasteiger partial charge in [0, 0.05) is 6.07 Å². The second-order valence-electron chi connectivity index (χ2n) is 3.80. The Labute approximate surface area is 122 Å². The van der Waals surface area contributed by atoms with E-state index < -0.39 is 6.61 Å². The molecule has 0 fully saturated rings. The molecule has 1 heterocycles. The Morgan fingerprint density at radius 3 is 2.70 bits per heavy atom. The Kier molecular flexibility index (Phi) is 4.84. The average Bonchev–Trinajstić information content (AvgIpc) is 2.83. The molecule has 0 spiro atoms. The third-order valence-corrected chi connectivity index (χ3v) is 2.91. The van der Waals surface area contributed by atoms with Gasteiger partial charge in [-0.15, -0.1) is 0 Å². The fraction of sp³-hybridized carbons (Fsp3) is 0.231. The van der Waals surface area contributed by atoms with E-state index in [0.717, 1.165) is 0 Å². The number of benzene rings is 1. The molecule has 20 heavy (non-hydrogen) atoms. The van der Waals surface area contributed by atoms with Crippen LogP contribution in [0, 0.1) is 0 Å². The molecule has 0 saturated carbocycles. The smallest absolute Gasteiger partial charge is 0.387 e. The maximum Gasteiger partial charge on any atom is 0.387 e. The van der Waals surface area contributed by atoms with Crippen molar-refractivity contribution in [3.8, 4) is 11.5 Å². The first-order valence-corrected chi connectivity index (χ1v) is 6.48. The monoisotopic (exact) mass is 347 g/mol. The van der Waals surface area contributed by atoms with Crippen LogP contribution in [0.1, 0.15) is 5.76 Å². The Hall–Kier alpha value is -1.76. The first-order chi connectivity index (χ1) is 9.58. The molecule has 0 atom stereocenters. The van der Waals surface area contributed by atoms with E-state index in [1.165, 1.54) is 13.2 Å². The van der Waals surface area contributed by atoms with Crippen molar-refractivity contribution in [3.05, 3.63) is 40.8 Å². The molecule has 1 N–H and O–H groups in total. The normalized spacial score (nSPS) is 10.7. The summed E-state index contributed by atoms with van der Waals surface area (Å²) in [5.41, 5.74) is 0.400. The van der Waals surface area contributed by atoms with Gasteiger partial charge in [-0.3, -0.25) is 0 Å². The van der Waals surface area contributed by atoms with Gasteiger partial charge >= 0.3 is 6.61 Å². The summed E-state index contributed by atoms with van der Waals surface area (Å²) < 4.78 is 40.1. The molecule has 0 radical (unpaired) electrons. The van der Waals surface area contributed by atoms with Gasteiger partial charge in [0.1, 0.15) is 17.3 Å². The van der Waals surface area contributed by atoms with E-state index in [-0.39, 0.29) is 5.75 Å². The van der Waals surface area contributed by atoms with E-state index in [2.05, 4.69) is 26.0 Å². The number of hydrogen-bond acceptors (Lipinski definition) is 4. The molecular weight excluding hydrogens is 336 g/mol. The predicted molar refractivity (Wildman–Crippen MR) is 73.4 cm³/mol. The van der Waals surface area contributed by atoms with Gasteiger partial charge in [-0.1, -0.05) is 0 Å².